The molecule has 2 aromatic carbocycles. The second kappa shape index (κ2) is 17.2. The molecule has 3 rings (SSSR count). The molecular weight excluding hydrogens is 647 g/mol. The Hall–Kier alpha value is -4.81. The van der Waals surface area contributed by atoms with E-state index in [1.54, 1.807) is 55.8 Å². The first-order valence-corrected chi connectivity index (χ1v) is 16.8. The minimum Gasteiger partial charge on any atom is -0.497 e. The van der Waals surface area contributed by atoms with Crippen LogP contribution in [-0.2, 0) is 20.8 Å². The zero-order chi connectivity index (χ0) is 37.2. The largest absolute Gasteiger partial charge is 0.497 e. The standard InChI is InChI=1S/C37H51FN4O8/c1-9-21-48-28-18-17-26(38)30-31(28)42(22-25(32(30)43)23-13-15-24(47-8)16-14-23)20-19-40-33(44)27(41-35(46)50-37(5,6)7)11-10-12-29(36(2,3)4)49-34(39)45/h13-18,22,27,29H,9-12,19-21H2,1-8H3,(H2,39,45)(H,40,44)(H,41,46)/t27-,29?/m0/s1. The van der Waals surface area contributed by atoms with E-state index < -0.39 is 52.5 Å². The maximum atomic E-state index is 15.4. The number of fused-ring (bicyclic) bond motifs is 1. The molecule has 0 aliphatic rings. The number of nitrogens with two attached hydrogens (primary N) is 1. The highest BCUT2D eigenvalue weighted by atomic mass is 19.1. The molecule has 2 atom stereocenters. The van der Waals surface area contributed by atoms with Crippen molar-refractivity contribution in [2.24, 2.45) is 11.1 Å². The molecule has 1 heterocycles. The minimum absolute atomic E-state index is 0.0600. The van der Waals surface area contributed by atoms with Crippen LogP contribution in [0.25, 0.3) is 22.0 Å². The van der Waals surface area contributed by atoms with E-state index in [2.05, 4.69) is 10.6 Å². The van der Waals surface area contributed by atoms with Gasteiger partial charge in [0.25, 0.3) is 0 Å². The molecule has 1 unspecified atom stereocenters. The highest BCUT2D eigenvalue weighted by molar-refractivity contribution is 5.89. The van der Waals surface area contributed by atoms with E-state index in [9.17, 15) is 19.2 Å². The van der Waals surface area contributed by atoms with Crippen molar-refractivity contribution >= 4 is 29.0 Å². The van der Waals surface area contributed by atoms with Gasteiger partial charge < -0.3 is 39.9 Å². The van der Waals surface area contributed by atoms with Crippen molar-refractivity contribution in [2.75, 3.05) is 20.3 Å². The molecule has 0 fully saturated rings. The molecule has 1 aromatic heterocycles. The van der Waals surface area contributed by atoms with E-state index in [-0.39, 0.29) is 36.0 Å². The highest BCUT2D eigenvalue weighted by Crippen LogP contribution is 2.30. The number of amides is 3. The summed E-state index contributed by atoms with van der Waals surface area (Å²) in [6, 6.07) is 8.57. The maximum absolute atomic E-state index is 15.4. The number of methoxy groups -OCH3 is 1. The quantitative estimate of drug-likeness (QED) is 0.167. The maximum Gasteiger partial charge on any atom is 0.408 e. The van der Waals surface area contributed by atoms with Gasteiger partial charge in [0.1, 0.15) is 35.1 Å². The van der Waals surface area contributed by atoms with Crippen LogP contribution in [0.15, 0.2) is 47.4 Å². The third-order valence-electron chi connectivity index (χ3n) is 7.84. The molecule has 0 spiro atoms. The van der Waals surface area contributed by atoms with Crippen LogP contribution in [0.3, 0.4) is 0 Å². The van der Waals surface area contributed by atoms with Crippen LogP contribution < -0.4 is 31.3 Å². The van der Waals surface area contributed by atoms with Gasteiger partial charge in [-0.05, 0) is 81.7 Å². The molecular formula is C37H51FN4O8. The average Bonchev–Trinajstić information content (AvgIpc) is 3.02. The molecule has 274 valence electrons. The Bertz CT molecular complexity index is 1690. The lowest BCUT2D eigenvalue weighted by Gasteiger charge is -2.30. The Kier molecular flexibility index (Phi) is 13.6. The van der Waals surface area contributed by atoms with Crippen LogP contribution >= 0.6 is 0 Å². The van der Waals surface area contributed by atoms with Crippen LogP contribution in [0, 0.1) is 11.2 Å². The van der Waals surface area contributed by atoms with Crippen molar-refractivity contribution in [3.8, 4) is 22.6 Å². The number of aromatic nitrogens is 1. The fourth-order valence-electron chi connectivity index (χ4n) is 5.40. The second-order valence-corrected chi connectivity index (χ2v) is 14.1. The van der Waals surface area contributed by atoms with Crippen molar-refractivity contribution in [1.82, 2.24) is 15.2 Å². The summed E-state index contributed by atoms with van der Waals surface area (Å²) in [4.78, 5) is 51.5. The summed E-state index contributed by atoms with van der Waals surface area (Å²) in [7, 11) is 1.54. The fraction of sp³-hybridized carbons (Fsp3) is 0.514. The summed E-state index contributed by atoms with van der Waals surface area (Å²) in [6.07, 6.45) is 1.18. The summed E-state index contributed by atoms with van der Waals surface area (Å²) in [6.45, 7) is 13.4. The number of halogens is 1. The van der Waals surface area contributed by atoms with E-state index in [4.69, 9.17) is 24.7 Å². The van der Waals surface area contributed by atoms with Crippen LogP contribution in [0.4, 0.5) is 14.0 Å². The second-order valence-electron chi connectivity index (χ2n) is 14.1. The molecule has 4 N–H and O–H groups in total. The van der Waals surface area contributed by atoms with Gasteiger partial charge in [-0.3, -0.25) is 9.59 Å². The van der Waals surface area contributed by atoms with E-state index in [0.29, 0.717) is 42.9 Å². The third kappa shape index (κ3) is 11.1. The van der Waals surface area contributed by atoms with Crippen LogP contribution in [0.5, 0.6) is 11.5 Å². The molecule has 0 saturated carbocycles. The van der Waals surface area contributed by atoms with Gasteiger partial charge >= 0.3 is 12.2 Å². The smallest absolute Gasteiger partial charge is 0.408 e. The Labute approximate surface area is 292 Å². The topological polar surface area (TPSA) is 160 Å². The molecule has 50 heavy (non-hydrogen) atoms. The van der Waals surface area contributed by atoms with Crippen LogP contribution in [0.2, 0.25) is 0 Å². The first-order valence-electron chi connectivity index (χ1n) is 16.8. The summed E-state index contributed by atoms with van der Waals surface area (Å²) in [5.41, 5.74) is 4.67. The summed E-state index contributed by atoms with van der Waals surface area (Å²) in [5, 5.41) is 5.39. The van der Waals surface area contributed by atoms with E-state index in [1.807, 2.05) is 27.7 Å². The first kappa shape index (κ1) is 39.6. The monoisotopic (exact) mass is 698 g/mol. The number of alkyl carbamates (subject to hydrolysis) is 1. The third-order valence-corrected chi connectivity index (χ3v) is 7.84. The number of primary amides is 1. The Morgan fingerprint density at radius 1 is 1.00 bits per heavy atom. The minimum atomic E-state index is -0.986. The molecule has 0 aliphatic carbocycles. The van der Waals surface area contributed by atoms with E-state index in [1.165, 1.54) is 19.2 Å². The zero-order valence-electron chi connectivity index (χ0n) is 30.3. The number of rotatable bonds is 15. The van der Waals surface area contributed by atoms with Gasteiger partial charge in [-0.1, -0.05) is 39.8 Å². The Morgan fingerprint density at radius 2 is 1.68 bits per heavy atom. The number of hydrogen-bond donors (Lipinski definition) is 3. The number of carbonyl (C=O) groups is 3. The summed E-state index contributed by atoms with van der Waals surface area (Å²) < 4.78 is 39.0. The van der Waals surface area contributed by atoms with Gasteiger partial charge in [0.2, 0.25) is 5.91 Å². The lowest BCUT2D eigenvalue weighted by Crippen LogP contribution is -2.48. The highest BCUT2D eigenvalue weighted by Gasteiger charge is 2.29. The van der Waals surface area contributed by atoms with Crippen LogP contribution in [-0.4, -0.2) is 60.7 Å². The van der Waals surface area contributed by atoms with Crippen molar-refractivity contribution < 1.29 is 37.7 Å². The van der Waals surface area contributed by atoms with Gasteiger partial charge in [0, 0.05) is 24.8 Å². The fourth-order valence-corrected chi connectivity index (χ4v) is 5.40. The van der Waals surface area contributed by atoms with Gasteiger partial charge in [-0.15, -0.1) is 0 Å². The Morgan fingerprint density at radius 3 is 2.26 bits per heavy atom. The number of benzene rings is 2. The number of nitrogens with zero attached hydrogens (tertiary/aromatic N) is 1. The molecule has 0 aliphatic heterocycles. The summed E-state index contributed by atoms with van der Waals surface area (Å²) >= 11 is 0. The molecule has 0 bridgehead atoms. The van der Waals surface area contributed by atoms with Gasteiger partial charge in [0.15, 0.2) is 5.43 Å². The number of carbonyl (C=O) groups excluding carboxylic acids is 3. The van der Waals surface area contributed by atoms with Crippen molar-refractivity contribution in [3.63, 3.8) is 0 Å². The molecule has 3 amide bonds. The predicted octanol–water partition coefficient (Wildman–Crippen LogP) is 6.29. The van der Waals surface area contributed by atoms with Gasteiger partial charge in [0.05, 0.1) is 24.6 Å². The van der Waals surface area contributed by atoms with E-state index >= 15 is 4.39 Å². The number of ether oxygens (including phenoxy) is 4. The summed E-state index contributed by atoms with van der Waals surface area (Å²) in [5.74, 6) is -0.238. The first-order chi connectivity index (χ1) is 23.4. The molecule has 12 nitrogen and oxygen atoms in total. The van der Waals surface area contributed by atoms with Gasteiger partial charge in [-0.25, -0.2) is 14.0 Å². The van der Waals surface area contributed by atoms with Gasteiger partial charge in [-0.2, -0.15) is 0 Å². The number of pyridine rings is 1. The van der Waals surface area contributed by atoms with E-state index in [0.717, 1.165) is 0 Å². The molecule has 13 heteroatoms. The van der Waals surface area contributed by atoms with Crippen molar-refractivity contribution in [1.29, 1.82) is 0 Å². The van der Waals surface area contributed by atoms with Crippen molar-refractivity contribution in [3.05, 3.63) is 58.6 Å². The Balaban J connectivity index is 1.92. The van der Waals surface area contributed by atoms with Crippen LogP contribution in [0.1, 0.15) is 74.1 Å². The average molecular weight is 699 g/mol. The lowest BCUT2D eigenvalue weighted by atomic mass is 9.85. The number of hydrogen-bond acceptors (Lipinski definition) is 8. The lowest BCUT2D eigenvalue weighted by molar-refractivity contribution is -0.123. The van der Waals surface area contributed by atoms with Crippen molar-refractivity contribution in [2.45, 2.75) is 98.4 Å². The molecule has 0 saturated heterocycles. The number of nitrogens with one attached hydrogen (secondary N) is 2. The molecule has 0 radical (unpaired) electrons. The normalized spacial score (nSPS) is 12.9. The zero-order valence-corrected chi connectivity index (χ0v) is 30.3. The predicted molar refractivity (Wildman–Crippen MR) is 190 cm³/mol. The SMILES string of the molecule is CCCOc1ccc(F)c2c(=O)c(-c3ccc(OC)cc3)cn(CCNC(=O)[C@H](CCCC(OC(N)=O)C(C)(C)C)NC(=O)OC(C)(C)C)c12. The molecule has 3 aromatic rings.